The molecule has 0 aliphatic heterocycles. The monoisotopic (exact) mass is 435 g/mol. The summed E-state index contributed by atoms with van der Waals surface area (Å²) in [6.07, 6.45) is 8.60. The van der Waals surface area contributed by atoms with E-state index in [1.54, 1.807) is 42.7 Å². The van der Waals surface area contributed by atoms with Crippen molar-refractivity contribution in [2.24, 2.45) is 0 Å². The van der Waals surface area contributed by atoms with Crippen LogP contribution in [-0.4, -0.2) is 27.3 Å². The highest BCUT2D eigenvalue weighted by molar-refractivity contribution is 6.02. The average Bonchev–Trinajstić information content (AvgIpc) is 3.26. The van der Waals surface area contributed by atoms with Gasteiger partial charge in [0, 0.05) is 41.5 Å². The number of carbonyl (C=O) groups excluding carboxylic acids is 1. The average molecular weight is 435 g/mol. The minimum absolute atomic E-state index is 0.0222. The van der Waals surface area contributed by atoms with Crippen molar-refractivity contribution in [2.45, 2.75) is 6.54 Å². The Balaban J connectivity index is 1.51. The van der Waals surface area contributed by atoms with Gasteiger partial charge in [0.2, 0.25) is 5.91 Å². The maximum Gasteiger partial charge on any atom is 0.248 e. The summed E-state index contributed by atoms with van der Waals surface area (Å²) < 4.78 is 7.07. The first-order valence-electron chi connectivity index (χ1n) is 10.3. The van der Waals surface area contributed by atoms with Crippen molar-refractivity contribution < 1.29 is 9.53 Å². The topological polar surface area (TPSA) is 92.8 Å². The minimum Gasteiger partial charge on any atom is -0.479 e. The molecule has 4 rings (SSSR count). The highest BCUT2D eigenvalue weighted by Gasteiger charge is 2.10. The summed E-state index contributed by atoms with van der Waals surface area (Å²) in [6.45, 7) is 0.597. The number of carbonyl (C=O) groups is 1. The van der Waals surface area contributed by atoms with Crippen molar-refractivity contribution in [3.05, 3.63) is 103 Å². The van der Waals surface area contributed by atoms with Gasteiger partial charge in [-0.3, -0.25) is 14.5 Å². The van der Waals surface area contributed by atoms with E-state index in [2.05, 4.69) is 10.3 Å². The number of nitriles is 1. The normalized spacial score (nSPS) is 10.6. The zero-order valence-corrected chi connectivity index (χ0v) is 17.8. The van der Waals surface area contributed by atoms with Gasteiger partial charge < -0.3 is 10.1 Å². The number of hydrogen-bond acceptors (Lipinski definition) is 5. The molecule has 1 N–H and O–H groups in total. The lowest BCUT2D eigenvalue weighted by Gasteiger charge is -2.04. The Kier molecular flexibility index (Phi) is 6.88. The van der Waals surface area contributed by atoms with Crippen molar-refractivity contribution in [3.63, 3.8) is 0 Å². The fourth-order valence-corrected chi connectivity index (χ4v) is 3.24. The van der Waals surface area contributed by atoms with E-state index in [0.29, 0.717) is 18.0 Å². The molecule has 0 saturated heterocycles. The quantitative estimate of drug-likeness (QED) is 0.410. The fourth-order valence-electron chi connectivity index (χ4n) is 3.24. The molecule has 0 fully saturated rings. The summed E-state index contributed by atoms with van der Waals surface area (Å²) in [5.41, 5.74) is 4.20. The summed E-state index contributed by atoms with van der Waals surface area (Å²) in [7, 11) is 0. The van der Waals surface area contributed by atoms with Crippen LogP contribution in [0.2, 0.25) is 0 Å². The smallest absolute Gasteiger partial charge is 0.248 e. The van der Waals surface area contributed by atoms with Gasteiger partial charge in [0.1, 0.15) is 17.5 Å². The molecule has 2 aromatic heterocycles. The number of benzene rings is 2. The van der Waals surface area contributed by atoms with Gasteiger partial charge in [0.25, 0.3) is 0 Å². The van der Waals surface area contributed by atoms with Gasteiger partial charge in [0.05, 0.1) is 6.54 Å². The second kappa shape index (κ2) is 10.6. The summed E-state index contributed by atoms with van der Waals surface area (Å²) in [5.74, 6) is 0.297. The molecule has 0 aliphatic carbocycles. The first-order valence-corrected chi connectivity index (χ1v) is 10.3. The van der Waals surface area contributed by atoms with Crippen LogP contribution in [0, 0.1) is 11.3 Å². The number of anilines is 1. The highest BCUT2D eigenvalue weighted by Crippen LogP contribution is 2.23. The Morgan fingerprint density at radius 1 is 1.09 bits per heavy atom. The van der Waals surface area contributed by atoms with E-state index in [4.69, 9.17) is 15.1 Å². The van der Waals surface area contributed by atoms with Crippen LogP contribution in [0.5, 0.6) is 5.75 Å². The largest absolute Gasteiger partial charge is 0.479 e. The lowest BCUT2D eigenvalue weighted by atomic mass is 10.1. The van der Waals surface area contributed by atoms with E-state index < -0.39 is 0 Å². The van der Waals surface area contributed by atoms with Gasteiger partial charge >= 0.3 is 0 Å². The molecule has 0 unspecified atom stereocenters. The Hall–Kier alpha value is -4.70. The molecule has 0 bridgehead atoms. The molecule has 0 radical (unpaired) electrons. The van der Waals surface area contributed by atoms with Crippen molar-refractivity contribution in [3.8, 4) is 23.1 Å². The number of ether oxygens (including phenoxy) is 1. The zero-order chi connectivity index (χ0) is 22.9. The fraction of sp³-hybridized carbons (Fsp3) is 0.0769. The Morgan fingerprint density at radius 3 is 2.64 bits per heavy atom. The Labute approximate surface area is 191 Å². The number of hydrogen-bond donors (Lipinski definition) is 1. The van der Waals surface area contributed by atoms with E-state index in [0.717, 1.165) is 22.4 Å². The molecule has 0 spiro atoms. The molecule has 2 heterocycles. The predicted molar refractivity (Wildman–Crippen MR) is 126 cm³/mol. The first kappa shape index (κ1) is 21.5. The van der Waals surface area contributed by atoms with E-state index in [9.17, 15) is 4.79 Å². The van der Waals surface area contributed by atoms with Gasteiger partial charge in [-0.25, -0.2) is 0 Å². The van der Waals surface area contributed by atoms with Gasteiger partial charge in [0.15, 0.2) is 6.61 Å². The standard InChI is InChI=1S/C26H21N5O2/c27-14-16-33-24-11-9-23(10-12-24)29-25(32)13-8-22-19-31(18-20-5-2-1-3-6-20)30-26(22)21-7-4-15-28-17-21/h1-13,15,17,19H,16,18H2,(H,29,32). The molecule has 0 aliphatic rings. The van der Waals surface area contributed by atoms with Crippen LogP contribution in [0.25, 0.3) is 17.3 Å². The van der Waals surface area contributed by atoms with Gasteiger partial charge in [-0.15, -0.1) is 0 Å². The van der Waals surface area contributed by atoms with Crippen LogP contribution in [0.3, 0.4) is 0 Å². The molecule has 7 nitrogen and oxygen atoms in total. The number of nitrogens with zero attached hydrogens (tertiary/aromatic N) is 4. The van der Waals surface area contributed by atoms with E-state index >= 15 is 0 Å². The molecule has 4 aromatic rings. The van der Waals surface area contributed by atoms with Crippen LogP contribution < -0.4 is 10.1 Å². The number of nitrogens with one attached hydrogen (secondary N) is 1. The molecule has 2 aromatic carbocycles. The van der Waals surface area contributed by atoms with Crippen molar-refractivity contribution in [1.29, 1.82) is 5.26 Å². The first-order chi connectivity index (χ1) is 16.2. The van der Waals surface area contributed by atoms with Crippen LogP contribution in [0.4, 0.5) is 5.69 Å². The number of pyridine rings is 1. The van der Waals surface area contributed by atoms with E-state index in [1.165, 1.54) is 6.08 Å². The third-order valence-corrected chi connectivity index (χ3v) is 4.75. The summed E-state index contributed by atoms with van der Waals surface area (Å²) in [6, 6.07) is 22.6. The van der Waals surface area contributed by atoms with Crippen LogP contribution in [0.1, 0.15) is 11.1 Å². The number of aromatic nitrogens is 3. The molecular weight excluding hydrogens is 414 g/mol. The molecule has 162 valence electrons. The minimum atomic E-state index is -0.270. The van der Waals surface area contributed by atoms with Crippen LogP contribution in [0.15, 0.2) is 91.4 Å². The molecule has 1 amide bonds. The van der Waals surface area contributed by atoms with E-state index in [1.807, 2.05) is 59.4 Å². The van der Waals surface area contributed by atoms with Gasteiger partial charge in [-0.2, -0.15) is 10.4 Å². The second-order valence-corrected chi connectivity index (χ2v) is 7.15. The molecule has 0 saturated carbocycles. The maximum atomic E-state index is 12.5. The Bertz CT molecular complexity index is 1270. The molecule has 0 atom stereocenters. The van der Waals surface area contributed by atoms with Gasteiger partial charge in [-0.05, 0) is 48.0 Å². The second-order valence-electron chi connectivity index (χ2n) is 7.15. The van der Waals surface area contributed by atoms with E-state index in [-0.39, 0.29) is 12.5 Å². The van der Waals surface area contributed by atoms with Crippen molar-refractivity contribution in [1.82, 2.24) is 14.8 Å². The van der Waals surface area contributed by atoms with Crippen LogP contribution in [-0.2, 0) is 11.3 Å². The third kappa shape index (κ3) is 5.93. The summed E-state index contributed by atoms with van der Waals surface area (Å²) in [4.78, 5) is 16.7. The molecule has 7 heteroatoms. The van der Waals surface area contributed by atoms with Crippen molar-refractivity contribution >= 4 is 17.7 Å². The molecule has 33 heavy (non-hydrogen) atoms. The SMILES string of the molecule is N#CCOc1ccc(NC(=O)C=Cc2cn(Cc3ccccc3)nc2-c2cccnc2)cc1. The van der Waals surface area contributed by atoms with Crippen LogP contribution >= 0.6 is 0 Å². The van der Waals surface area contributed by atoms with Gasteiger partial charge in [-0.1, -0.05) is 30.3 Å². The predicted octanol–water partition coefficient (Wildman–Crippen LogP) is 4.55. The maximum absolute atomic E-state index is 12.5. The number of amides is 1. The lowest BCUT2D eigenvalue weighted by molar-refractivity contribution is -0.111. The van der Waals surface area contributed by atoms with Crippen molar-refractivity contribution in [2.75, 3.05) is 11.9 Å². The third-order valence-electron chi connectivity index (χ3n) is 4.75. The number of rotatable bonds is 8. The lowest BCUT2D eigenvalue weighted by Crippen LogP contribution is -2.07. The molecular formula is C26H21N5O2. The summed E-state index contributed by atoms with van der Waals surface area (Å²) in [5, 5.41) is 16.1. The summed E-state index contributed by atoms with van der Waals surface area (Å²) >= 11 is 0. The Morgan fingerprint density at radius 2 is 1.91 bits per heavy atom. The highest BCUT2D eigenvalue weighted by atomic mass is 16.5. The zero-order valence-electron chi connectivity index (χ0n) is 17.8.